The first kappa shape index (κ1) is 115. The zero-order chi connectivity index (χ0) is 102. The van der Waals surface area contributed by atoms with Crippen LogP contribution in [-0.2, 0) is 0 Å². The van der Waals surface area contributed by atoms with Gasteiger partial charge >= 0.3 is 23.1 Å². The van der Waals surface area contributed by atoms with Gasteiger partial charge in [-0.3, -0.25) is 0 Å². The largest absolute Gasteiger partial charge is 2.00 e. The Kier molecular flexibility index (Phi) is 37.5. The summed E-state index contributed by atoms with van der Waals surface area (Å²) in [6.07, 6.45) is 0. The summed E-state index contributed by atoms with van der Waals surface area (Å²) in [5, 5.41) is 0. The van der Waals surface area contributed by atoms with E-state index >= 15 is 0 Å². The van der Waals surface area contributed by atoms with Gasteiger partial charge in [-0.1, -0.05) is 380 Å². The van der Waals surface area contributed by atoms with Gasteiger partial charge in [0.25, 0.3) is 0 Å². The molecule has 8 bridgehead atoms. The maximum Gasteiger partial charge on any atom is 2.00 e. The van der Waals surface area contributed by atoms with E-state index in [4.69, 9.17) is 79.7 Å². The molecule has 0 saturated carbocycles. The summed E-state index contributed by atoms with van der Waals surface area (Å²) in [5.41, 5.74) is 46.5. The van der Waals surface area contributed by atoms with E-state index in [0.29, 0.717) is 223 Å². The van der Waals surface area contributed by atoms with Gasteiger partial charge in [0.05, 0.1) is 0 Å². The average Bonchev–Trinajstić information content (AvgIpc) is 1.59. The van der Waals surface area contributed by atoms with Crippen molar-refractivity contribution in [3.8, 4) is 138 Å². The fourth-order valence-electron chi connectivity index (χ4n) is 26.3. The van der Waals surface area contributed by atoms with Crippen LogP contribution in [0.1, 0.15) is 378 Å². The molecule has 2 aliphatic heterocycles. The van der Waals surface area contributed by atoms with Gasteiger partial charge in [0.15, 0.2) is 0 Å². The Balaban J connectivity index is 0.0000230. The Morgan fingerprint density at radius 2 is 0.248 bits per heavy atom. The molecule has 137 heavy (non-hydrogen) atoms. The topological polar surface area (TPSA) is 209 Å². The molecule has 730 valence electrons. The molecule has 0 N–H and O–H groups in total. The molecule has 7 aromatic heterocycles. The summed E-state index contributed by atoms with van der Waals surface area (Å²) in [6, 6.07) is 0. The molecule has 2 aliphatic rings. The minimum absolute atomic E-state index is 0. The molecule has 0 atom stereocenters. The fraction of sp³-hybridized carbons (Fsp3) is 0.643. The Labute approximate surface area is 853 Å². The molecule has 0 amide bonds. The first-order valence-electron chi connectivity index (χ1n) is 51.8. The van der Waals surface area contributed by atoms with Crippen molar-refractivity contribution < 1.29 is 0 Å². The van der Waals surface area contributed by atoms with Crippen LogP contribution in [0.25, 0.3) is 90.7 Å². The summed E-state index contributed by atoms with van der Waals surface area (Å²) in [4.78, 5) is 91.6. The minimum atomic E-state index is -2.48. The Morgan fingerprint density at radius 1 is 0.146 bits per heavy atom. The first-order chi connectivity index (χ1) is 63.1. The van der Waals surface area contributed by atoms with Crippen molar-refractivity contribution in [3.05, 3.63) is 45.6 Å². The number of rotatable bonds is 24. The van der Waals surface area contributed by atoms with Crippen LogP contribution in [0.15, 0.2) is 0 Å². The van der Waals surface area contributed by atoms with Crippen molar-refractivity contribution in [2.45, 2.75) is 465 Å². The summed E-state index contributed by atoms with van der Waals surface area (Å²) < 4.78 is 0. The maximum absolute atomic E-state index is 5.79. The average molecular weight is 1990 g/mol. The summed E-state index contributed by atoms with van der Waals surface area (Å²) in [7, 11) is -19.8. The molecular weight excluding hydrogens is 1820 g/mol. The summed E-state index contributed by atoms with van der Waals surface area (Å²) >= 11 is 0. The van der Waals surface area contributed by atoms with Crippen molar-refractivity contribution in [1.29, 1.82) is 0 Å². The number of hydrogen-bond acceptors (Lipinski definition) is 14. The molecule has 0 radical (unpaired) electrons. The predicted octanol–water partition coefficient (Wildman–Crippen LogP) is 29.5. The van der Waals surface area contributed by atoms with Crippen LogP contribution >= 0.6 is 0 Å². The van der Waals surface area contributed by atoms with Gasteiger partial charge in [0, 0.05) is 22.6 Å². The van der Waals surface area contributed by atoms with Gasteiger partial charge < -0.3 is 29.9 Å². The zero-order valence-corrected chi connectivity index (χ0v) is 103. The molecule has 16 nitrogen and oxygen atoms in total. The van der Waals surface area contributed by atoms with E-state index in [2.05, 4.69) is 424 Å². The van der Waals surface area contributed by atoms with Crippen LogP contribution in [0, 0.1) is 91.7 Å². The van der Waals surface area contributed by atoms with Gasteiger partial charge in [0.2, 0.25) is 0 Å². The molecule has 0 aliphatic carbocycles. The monoisotopic (exact) mass is 1990 g/mol. The Hall–Kier alpha value is -7.34. The van der Waals surface area contributed by atoms with Gasteiger partial charge in [-0.05, 0) is 133 Å². The van der Waals surface area contributed by atoms with Crippen LogP contribution in [-0.4, -0.2) is 157 Å². The SMILES string of the molecule is CC(C)[Si](C#Cc1nc2c(nc1C#C[Si](C(C)C)(C(C)C)C(C)C)-c1nc-2nc2[n-]c(nc3nc(nc4[n-]c(n1)c1nc(C#C[Si](C(C)C)(C(C)C)C(C)C)c(C#C[Si](C(C)C)(C(C)C)C(C)C)nc41)-c1nc(C#C[Si](C(C)C)(C(C)C)C(C)C)c(C#C[Si](C(C)C)(C(C)C)C(C)C)nc1-3)c1nc(C#C[Si](C(C)C)(C(C)C)C(C)C)c(C#C[Si](C(C)C)(C(C)C)C(C)C)nc21)(C(C)C)C(C)C.[Mg+2]. The van der Waals surface area contributed by atoms with Crippen LogP contribution in [0.5, 0.6) is 0 Å². The molecule has 9 heterocycles. The number of nitrogens with zero attached hydrogens (tertiary/aromatic N) is 16. The molecular formula is C112H168MgN16Si8. The third kappa shape index (κ3) is 21.1. The van der Waals surface area contributed by atoms with Crippen molar-refractivity contribution in [2.24, 2.45) is 0 Å². The van der Waals surface area contributed by atoms with Gasteiger partial charge in [-0.15, -0.1) is 44.3 Å². The molecule has 0 unspecified atom stereocenters. The van der Waals surface area contributed by atoms with Crippen molar-refractivity contribution in [3.63, 3.8) is 0 Å². The number of hydrogen-bond donors (Lipinski definition) is 0. The molecule has 0 spiro atoms. The maximum atomic E-state index is 5.79. The molecule has 9 rings (SSSR count). The van der Waals surface area contributed by atoms with E-state index in [0.717, 1.165) is 0 Å². The molecule has 0 fully saturated rings. The van der Waals surface area contributed by atoms with Gasteiger partial charge in [-0.25, -0.2) is 49.8 Å². The summed E-state index contributed by atoms with van der Waals surface area (Å²) in [5.74, 6) is 31.1. The van der Waals surface area contributed by atoms with Gasteiger partial charge in [-0.2, -0.15) is 0 Å². The molecule has 7 aromatic rings. The quantitative estimate of drug-likeness (QED) is 0.0407. The standard InChI is InChI=1S/C112H168N16Si8.Mg/c1-65(2)129(66(3)4,67(5)6)57-49-89-90(50-58-130(68(7)8,69(9)10)70(11)12)114-98-97(113-89)105-121-106(98)126-108-101-102(118-94(54-62-134(80(31)32,81(33)34)82(35)36)93(117-101)53-61-133(77(25)26,78(27)28)79(29)30)110(123-108)128-112-104-103(119-95(55-63-135(83(37)38,84(39)40)85(41)42)96(120-104)56-64-136(86(43)44,87(45)46)88(47)48)111(124-112)127-109-100-99(107(122-109)125-105)115-91(51-59-131(71(13)14,72(15)16)73(17)18)92(116-100)52-60-132(74(19)20,75(21)22)76(23)24;/h65-88H,1-48H3;/q-2;+2. The predicted molar refractivity (Wildman–Crippen MR) is 606 cm³/mol. The fourth-order valence-corrected chi connectivity index (χ4v) is 67.9. The van der Waals surface area contributed by atoms with E-state index in [1.165, 1.54) is 0 Å². The van der Waals surface area contributed by atoms with Crippen LogP contribution in [0.2, 0.25) is 133 Å². The smallest absolute Gasteiger partial charge is 0.354 e. The molecule has 0 saturated heterocycles. The third-order valence-electron chi connectivity index (χ3n) is 33.1. The molecule has 0 aromatic carbocycles. The first-order valence-corrected chi connectivity index (χ1v) is 69.7. The number of fused-ring (bicyclic) bond motifs is 20. The van der Waals surface area contributed by atoms with Crippen LogP contribution in [0.4, 0.5) is 0 Å². The van der Waals surface area contributed by atoms with Crippen molar-refractivity contribution >= 4 is 132 Å². The van der Waals surface area contributed by atoms with E-state index in [-0.39, 0.29) is 68.9 Å². The van der Waals surface area contributed by atoms with E-state index in [9.17, 15) is 0 Å². The Bertz CT molecular complexity index is 5430. The third-order valence-corrected chi connectivity index (χ3v) is 83.4. The van der Waals surface area contributed by atoms with E-state index in [1.54, 1.807) is 0 Å². The second kappa shape index (κ2) is 44.7. The zero-order valence-electron chi connectivity index (χ0n) is 93.7. The van der Waals surface area contributed by atoms with Gasteiger partial charge in [0.1, 0.15) is 178 Å². The van der Waals surface area contributed by atoms with E-state index < -0.39 is 64.6 Å². The normalized spacial score (nSPS) is 13.1. The molecule has 25 heteroatoms. The number of aromatic nitrogens is 16. The van der Waals surface area contributed by atoms with Crippen LogP contribution in [0.3, 0.4) is 0 Å². The van der Waals surface area contributed by atoms with Crippen molar-refractivity contribution in [2.75, 3.05) is 0 Å². The second-order valence-electron chi connectivity index (χ2n) is 47.1. The Morgan fingerprint density at radius 3 is 0.350 bits per heavy atom. The van der Waals surface area contributed by atoms with E-state index in [1.807, 2.05) is 0 Å². The van der Waals surface area contributed by atoms with Crippen LogP contribution < -0.4 is 9.97 Å². The van der Waals surface area contributed by atoms with Crippen molar-refractivity contribution in [1.82, 2.24) is 79.7 Å². The second-order valence-corrected chi connectivity index (χ2v) is 91.8. The minimum Gasteiger partial charge on any atom is -0.354 e. The summed E-state index contributed by atoms with van der Waals surface area (Å²) in [6.45, 7) is 112.